The summed E-state index contributed by atoms with van der Waals surface area (Å²) in [6.07, 6.45) is -3.08. The lowest BCUT2D eigenvalue weighted by atomic mass is 9.85. The number of hydrogen-bond donors (Lipinski definition) is 1. The molecule has 2 rings (SSSR count). The van der Waals surface area contributed by atoms with Crippen LogP contribution in [-0.2, 0) is 0 Å². The summed E-state index contributed by atoms with van der Waals surface area (Å²) < 4.78 is 42.7. The Balaban J connectivity index is 1.94. The lowest BCUT2D eigenvalue weighted by Crippen LogP contribution is -2.41. The molecule has 1 aromatic heterocycles. The second-order valence-electron chi connectivity index (χ2n) is 4.90. The number of aryl methyl sites for hydroxylation is 1. The van der Waals surface area contributed by atoms with Crippen molar-refractivity contribution in [2.45, 2.75) is 44.8 Å². The molecule has 4 nitrogen and oxygen atoms in total. The minimum atomic E-state index is -4.19. The van der Waals surface area contributed by atoms with Crippen LogP contribution in [0.1, 0.15) is 41.9 Å². The summed E-state index contributed by atoms with van der Waals surface area (Å²) >= 11 is 0. The highest BCUT2D eigenvalue weighted by atomic mass is 19.4. The van der Waals surface area contributed by atoms with Gasteiger partial charge in [-0.25, -0.2) is 0 Å². The molecule has 7 heteroatoms. The van der Waals surface area contributed by atoms with E-state index in [0.717, 1.165) is 0 Å². The van der Waals surface area contributed by atoms with Gasteiger partial charge >= 0.3 is 6.18 Å². The van der Waals surface area contributed by atoms with Gasteiger partial charge in [0.25, 0.3) is 5.91 Å². The average molecular weight is 276 g/mol. The van der Waals surface area contributed by atoms with E-state index in [4.69, 9.17) is 4.52 Å². The fourth-order valence-corrected chi connectivity index (χ4v) is 2.35. The fourth-order valence-electron chi connectivity index (χ4n) is 2.35. The van der Waals surface area contributed by atoms with Crippen molar-refractivity contribution in [2.24, 2.45) is 5.92 Å². The van der Waals surface area contributed by atoms with Gasteiger partial charge in [-0.2, -0.15) is 13.2 Å². The maximum atomic E-state index is 12.6. The first-order chi connectivity index (χ1) is 8.86. The normalized spacial score (nSPS) is 24.2. The predicted molar refractivity (Wildman–Crippen MR) is 60.5 cm³/mol. The summed E-state index contributed by atoms with van der Waals surface area (Å²) in [5, 5.41) is 6.13. The number of halogens is 3. The summed E-state index contributed by atoms with van der Waals surface area (Å²) in [6, 6.07) is 1.00. The molecular weight excluding hydrogens is 261 g/mol. The fraction of sp³-hybridized carbons (Fsp3) is 0.667. The molecule has 0 spiro atoms. The Bertz CT molecular complexity index is 456. The zero-order chi connectivity index (χ0) is 14.0. The van der Waals surface area contributed by atoms with Crippen molar-refractivity contribution in [1.29, 1.82) is 0 Å². The smallest absolute Gasteiger partial charge is 0.361 e. The van der Waals surface area contributed by atoms with E-state index in [9.17, 15) is 18.0 Å². The summed E-state index contributed by atoms with van der Waals surface area (Å²) in [7, 11) is 0. The molecule has 1 N–H and O–H groups in total. The van der Waals surface area contributed by atoms with Crippen molar-refractivity contribution in [2.75, 3.05) is 0 Å². The number of hydrogen-bond acceptors (Lipinski definition) is 3. The highest BCUT2D eigenvalue weighted by molar-refractivity contribution is 5.92. The average Bonchev–Trinajstić information content (AvgIpc) is 2.75. The monoisotopic (exact) mass is 276 g/mol. The van der Waals surface area contributed by atoms with E-state index in [1.807, 2.05) is 0 Å². The van der Waals surface area contributed by atoms with Gasteiger partial charge in [0, 0.05) is 12.1 Å². The molecule has 0 bridgehead atoms. The molecule has 0 saturated heterocycles. The largest absolute Gasteiger partial charge is 0.391 e. The van der Waals surface area contributed by atoms with E-state index in [1.54, 1.807) is 6.92 Å². The highest BCUT2D eigenvalue weighted by Crippen LogP contribution is 2.37. The first-order valence-electron chi connectivity index (χ1n) is 6.17. The molecular formula is C12H15F3N2O2. The molecule has 2 atom stereocenters. The lowest BCUT2D eigenvalue weighted by molar-refractivity contribution is -0.183. The first-order valence-corrected chi connectivity index (χ1v) is 6.17. The topological polar surface area (TPSA) is 55.1 Å². The summed E-state index contributed by atoms with van der Waals surface area (Å²) in [5.74, 6) is -1.32. The van der Waals surface area contributed by atoms with E-state index in [2.05, 4.69) is 10.5 Å². The van der Waals surface area contributed by atoms with Gasteiger partial charge in [-0.1, -0.05) is 11.6 Å². The molecule has 106 valence electrons. The SMILES string of the molecule is Cc1cc(C(=O)N[C@H]2CCC[C@@H](C(F)(F)F)C2)no1. The van der Waals surface area contributed by atoms with Crippen molar-refractivity contribution in [3.63, 3.8) is 0 Å². The third-order valence-corrected chi connectivity index (χ3v) is 3.33. The number of alkyl halides is 3. The van der Waals surface area contributed by atoms with E-state index in [1.165, 1.54) is 6.07 Å². The minimum absolute atomic E-state index is 0.0634. The quantitative estimate of drug-likeness (QED) is 0.903. The third kappa shape index (κ3) is 3.48. The number of aromatic nitrogens is 1. The van der Waals surface area contributed by atoms with Gasteiger partial charge in [0.05, 0.1) is 5.92 Å². The Morgan fingerprint density at radius 2 is 2.21 bits per heavy atom. The van der Waals surface area contributed by atoms with Gasteiger partial charge in [0.1, 0.15) is 5.76 Å². The van der Waals surface area contributed by atoms with E-state index in [-0.39, 0.29) is 18.5 Å². The van der Waals surface area contributed by atoms with Crippen molar-refractivity contribution in [1.82, 2.24) is 10.5 Å². The molecule has 0 aromatic carbocycles. The molecule has 19 heavy (non-hydrogen) atoms. The molecule has 0 radical (unpaired) electrons. The molecule has 1 amide bonds. The van der Waals surface area contributed by atoms with E-state index in [0.29, 0.717) is 18.6 Å². The van der Waals surface area contributed by atoms with Crippen LogP contribution in [0, 0.1) is 12.8 Å². The Morgan fingerprint density at radius 3 is 2.79 bits per heavy atom. The minimum Gasteiger partial charge on any atom is -0.361 e. The third-order valence-electron chi connectivity index (χ3n) is 3.33. The first kappa shape index (κ1) is 13.9. The molecule has 0 unspecified atom stereocenters. The van der Waals surface area contributed by atoms with Gasteiger partial charge in [-0.05, 0) is 26.2 Å². The standard InChI is InChI=1S/C12H15F3N2O2/c1-7-5-10(17-19-7)11(18)16-9-4-2-3-8(6-9)12(13,14)15/h5,8-9H,2-4,6H2,1H3,(H,16,18)/t8-,9+/m1/s1. The van der Waals surface area contributed by atoms with Gasteiger partial charge in [-0.15, -0.1) is 0 Å². The van der Waals surface area contributed by atoms with Crippen LogP contribution < -0.4 is 5.32 Å². The number of carbonyl (C=O) groups is 1. The van der Waals surface area contributed by atoms with E-state index >= 15 is 0 Å². The van der Waals surface area contributed by atoms with Crippen molar-refractivity contribution < 1.29 is 22.5 Å². The summed E-state index contributed by atoms with van der Waals surface area (Å²) in [4.78, 5) is 11.8. The van der Waals surface area contributed by atoms with Crippen molar-refractivity contribution in [3.8, 4) is 0 Å². The zero-order valence-corrected chi connectivity index (χ0v) is 10.5. The van der Waals surface area contributed by atoms with Crippen LogP contribution >= 0.6 is 0 Å². The zero-order valence-electron chi connectivity index (χ0n) is 10.5. The highest BCUT2D eigenvalue weighted by Gasteiger charge is 2.42. The lowest BCUT2D eigenvalue weighted by Gasteiger charge is -2.30. The number of nitrogens with zero attached hydrogens (tertiary/aromatic N) is 1. The van der Waals surface area contributed by atoms with Gasteiger partial charge in [0.15, 0.2) is 5.69 Å². The Hall–Kier alpha value is -1.53. The van der Waals surface area contributed by atoms with Crippen molar-refractivity contribution >= 4 is 5.91 Å². The Labute approximate surface area is 108 Å². The van der Waals surface area contributed by atoms with Crippen LogP contribution in [0.25, 0.3) is 0 Å². The van der Waals surface area contributed by atoms with Gasteiger partial charge in [-0.3, -0.25) is 4.79 Å². The Kier molecular flexibility index (Phi) is 3.82. The van der Waals surface area contributed by atoms with Crippen LogP contribution in [-0.4, -0.2) is 23.3 Å². The Morgan fingerprint density at radius 1 is 1.47 bits per heavy atom. The second-order valence-corrected chi connectivity index (χ2v) is 4.90. The van der Waals surface area contributed by atoms with Gasteiger partial charge < -0.3 is 9.84 Å². The number of carbonyl (C=O) groups excluding carboxylic acids is 1. The van der Waals surface area contributed by atoms with Crippen LogP contribution in [0.3, 0.4) is 0 Å². The number of amides is 1. The summed E-state index contributed by atoms with van der Waals surface area (Å²) in [6.45, 7) is 1.64. The summed E-state index contributed by atoms with van der Waals surface area (Å²) in [5.41, 5.74) is 0.103. The van der Waals surface area contributed by atoms with Gasteiger partial charge in [0.2, 0.25) is 0 Å². The number of nitrogens with one attached hydrogen (secondary N) is 1. The van der Waals surface area contributed by atoms with E-state index < -0.39 is 24.0 Å². The molecule has 1 heterocycles. The maximum Gasteiger partial charge on any atom is 0.391 e. The van der Waals surface area contributed by atoms with Crippen molar-refractivity contribution in [3.05, 3.63) is 17.5 Å². The second kappa shape index (κ2) is 5.22. The molecule has 1 fully saturated rings. The number of rotatable bonds is 2. The molecule has 1 aliphatic rings. The predicted octanol–water partition coefficient (Wildman–Crippen LogP) is 2.83. The van der Waals surface area contributed by atoms with Crippen LogP contribution in [0.5, 0.6) is 0 Å². The molecule has 1 saturated carbocycles. The maximum absolute atomic E-state index is 12.6. The molecule has 1 aliphatic carbocycles. The molecule has 0 aliphatic heterocycles. The van der Waals surface area contributed by atoms with Crippen LogP contribution in [0.2, 0.25) is 0 Å². The molecule has 1 aromatic rings. The van der Waals surface area contributed by atoms with Crippen LogP contribution in [0.4, 0.5) is 13.2 Å². The van der Waals surface area contributed by atoms with Crippen LogP contribution in [0.15, 0.2) is 10.6 Å².